The zero-order chi connectivity index (χ0) is 14.8. The van der Waals surface area contributed by atoms with Crippen LogP contribution in [0.4, 0.5) is 11.4 Å². The number of rotatable bonds is 3. The third-order valence-electron chi connectivity index (χ3n) is 3.85. The zero-order valence-electron chi connectivity index (χ0n) is 12.3. The summed E-state index contributed by atoms with van der Waals surface area (Å²) in [5.41, 5.74) is 4.74. The normalized spacial score (nSPS) is 14.6. The van der Waals surface area contributed by atoms with E-state index in [2.05, 4.69) is 29.4 Å². The molecule has 0 fully saturated rings. The second-order valence-corrected chi connectivity index (χ2v) is 5.88. The standard InChI is InChI=1S/C17H19ClN2O/c1-20-8-7-12-10-17(21-2)16(9-13(12)11-20)19-15-5-3-14(18)4-6-15/h3-6,9-10,19H,7-8,11H2,1-2H3. The summed E-state index contributed by atoms with van der Waals surface area (Å²) in [6.45, 7) is 2.08. The molecule has 1 aliphatic rings. The van der Waals surface area contributed by atoms with Gasteiger partial charge < -0.3 is 15.0 Å². The number of nitrogens with one attached hydrogen (secondary N) is 1. The van der Waals surface area contributed by atoms with Gasteiger partial charge in [0.1, 0.15) is 5.75 Å². The summed E-state index contributed by atoms with van der Waals surface area (Å²) in [7, 11) is 3.86. The molecule has 3 rings (SSSR count). The van der Waals surface area contributed by atoms with E-state index in [1.807, 2.05) is 24.3 Å². The summed E-state index contributed by atoms with van der Waals surface area (Å²) < 4.78 is 5.53. The molecule has 2 aromatic carbocycles. The average Bonchev–Trinajstić information content (AvgIpc) is 2.49. The number of halogens is 1. The minimum Gasteiger partial charge on any atom is -0.495 e. The number of hydrogen-bond donors (Lipinski definition) is 1. The molecule has 0 saturated heterocycles. The second kappa shape index (κ2) is 5.96. The van der Waals surface area contributed by atoms with Crippen molar-refractivity contribution in [3.05, 3.63) is 52.5 Å². The first-order chi connectivity index (χ1) is 10.2. The Kier molecular flexibility index (Phi) is 4.04. The van der Waals surface area contributed by atoms with Crippen molar-refractivity contribution in [3.8, 4) is 5.75 Å². The summed E-state index contributed by atoms with van der Waals surface area (Å²) in [5, 5.41) is 4.15. The molecule has 1 heterocycles. The quantitative estimate of drug-likeness (QED) is 0.924. The van der Waals surface area contributed by atoms with E-state index in [9.17, 15) is 0 Å². The maximum absolute atomic E-state index is 5.93. The van der Waals surface area contributed by atoms with Gasteiger partial charge in [-0.25, -0.2) is 0 Å². The highest BCUT2D eigenvalue weighted by Crippen LogP contribution is 2.33. The number of hydrogen-bond acceptors (Lipinski definition) is 3. The Balaban J connectivity index is 1.93. The van der Waals surface area contributed by atoms with Crippen molar-refractivity contribution in [1.29, 1.82) is 0 Å². The Bertz CT molecular complexity index is 640. The predicted molar refractivity (Wildman–Crippen MR) is 87.8 cm³/mol. The van der Waals surface area contributed by atoms with E-state index in [1.165, 1.54) is 11.1 Å². The Morgan fingerprint density at radius 2 is 1.90 bits per heavy atom. The van der Waals surface area contributed by atoms with Gasteiger partial charge in [0, 0.05) is 23.8 Å². The number of methoxy groups -OCH3 is 1. The molecule has 0 aromatic heterocycles. The molecule has 0 unspecified atom stereocenters. The van der Waals surface area contributed by atoms with Crippen LogP contribution in [-0.4, -0.2) is 25.6 Å². The molecule has 0 saturated carbocycles. The monoisotopic (exact) mass is 302 g/mol. The third kappa shape index (κ3) is 3.14. The first-order valence-corrected chi connectivity index (χ1v) is 7.44. The van der Waals surface area contributed by atoms with Crippen LogP contribution in [0.5, 0.6) is 5.75 Å². The van der Waals surface area contributed by atoms with Gasteiger partial charge in [-0.1, -0.05) is 11.6 Å². The highest BCUT2D eigenvalue weighted by Gasteiger charge is 2.16. The number of fused-ring (bicyclic) bond motifs is 1. The molecule has 2 aromatic rings. The van der Waals surface area contributed by atoms with Gasteiger partial charge in [-0.2, -0.15) is 0 Å². The van der Waals surface area contributed by atoms with Crippen molar-refractivity contribution in [2.45, 2.75) is 13.0 Å². The van der Waals surface area contributed by atoms with Crippen molar-refractivity contribution >= 4 is 23.0 Å². The van der Waals surface area contributed by atoms with Crippen molar-refractivity contribution in [1.82, 2.24) is 4.90 Å². The van der Waals surface area contributed by atoms with E-state index >= 15 is 0 Å². The van der Waals surface area contributed by atoms with Crippen LogP contribution >= 0.6 is 11.6 Å². The predicted octanol–water partition coefficient (Wildman–Crippen LogP) is 4.08. The fourth-order valence-electron chi connectivity index (χ4n) is 2.68. The lowest BCUT2D eigenvalue weighted by atomic mass is 9.98. The molecular formula is C17H19ClN2O. The molecule has 3 nitrogen and oxygen atoms in total. The molecule has 0 radical (unpaired) electrons. The minimum atomic E-state index is 0.736. The smallest absolute Gasteiger partial charge is 0.142 e. The van der Waals surface area contributed by atoms with Crippen LogP contribution in [0.2, 0.25) is 5.02 Å². The highest BCUT2D eigenvalue weighted by atomic mass is 35.5. The zero-order valence-corrected chi connectivity index (χ0v) is 13.1. The fraction of sp³-hybridized carbons (Fsp3) is 0.294. The lowest BCUT2D eigenvalue weighted by molar-refractivity contribution is 0.312. The first-order valence-electron chi connectivity index (χ1n) is 7.06. The van der Waals surface area contributed by atoms with Crippen LogP contribution < -0.4 is 10.1 Å². The van der Waals surface area contributed by atoms with E-state index in [-0.39, 0.29) is 0 Å². The lowest BCUT2D eigenvalue weighted by Gasteiger charge is -2.26. The Morgan fingerprint density at radius 3 is 2.62 bits per heavy atom. The van der Waals surface area contributed by atoms with Gasteiger partial charge in [0.05, 0.1) is 12.8 Å². The van der Waals surface area contributed by atoms with Gasteiger partial charge >= 0.3 is 0 Å². The SMILES string of the molecule is COc1cc2c(cc1Nc1ccc(Cl)cc1)CN(C)CC2. The topological polar surface area (TPSA) is 24.5 Å². The van der Waals surface area contributed by atoms with Gasteiger partial charge in [-0.05, 0) is 61.0 Å². The summed E-state index contributed by atoms with van der Waals surface area (Å²) in [6.07, 6.45) is 1.07. The number of ether oxygens (including phenoxy) is 1. The first kappa shape index (κ1) is 14.2. The van der Waals surface area contributed by atoms with Crippen LogP contribution in [0.1, 0.15) is 11.1 Å². The van der Waals surface area contributed by atoms with Crippen LogP contribution in [0.3, 0.4) is 0 Å². The molecule has 0 amide bonds. The maximum Gasteiger partial charge on any atom is 0.142 e. The van der Waals surface area contributed by atoms with Gasteiger partial charge in [0.15, 0.2) is 0 Å². The van der Waals surface area contributed by atoms with Crippen molar-refractivity contribution in [3.63, 3.8) is 0 Å². The number of anilines is 2. The Morgan fingerprint density at radius 1 is 1.14 bits per heavy atom. The Hall–Kier alpha value is -1.71. The van der Waals surface area contributed by atoms with E-state index < -0.39 is 0 Å². The van der Waals surface area contributed by atoms with Gasteiger partial charge in [0.2, 0.25) is 0 Å². The summed E-state index contributed by atoms with van der Waals surface area (Å²) in [4.78, 5) is 2.33. The van der Waals surface area contributed by atoms with E-state index in [0.717, 1.165) is 41.7 Å². The molecule has 0 aliphatic carbocycles. The number of nitrogens with zero attached hydrogens (tertiary/aromatic N) is 1. The highest BCUT2D eigenvalue weighted by molar-refractivity contribution is 6.30. The third-order valence-corrected chi connectivity index (χ3v) is 4.10. The molecule has 0 atom stereocenters. The molecule has 1 aliphatic heterocycles. The van der Waals surface area contributed by atoms with Crippen molar-refractivity contribution in [2.24, 2.45) is 0 Å². The van der Waals surface area contributed by atoms with Crippen LogP contribution in [-0.2, 0) is 13.0 Å². The fourth-order valence-corrected chi connectivity index (χ4v) is 2.81. The van der Waals surface area contributed by atoms with Gasteiger partial charge in [-0.15, -0.1) is 0 Å². The molecule has 0 spiro atoms. The minimum absolute atomic E-state index is 0.736. The summed E-state index contributed by atoms with van der Waals surface area (Å²) in [6, 6.07) is 12.0. The lowest BCUT2D eigenvalue weighted by Crippen LogP contribution is -2.26. The van der Waals surface area contributed by atoms with Gasteiger partial charge in [-0.3, -0.25) is 0 Å². The second-order valence-electron chi connectivity index (χ2n) is 5.44. The van der Waals surface area contributed by atoms with Crippen molar-refractivity contribution in [2.75, 3.05) is 26.0 Å². The molecule has 110 valence electrons. The average molecular weight is 303 g/mol. The van der Waals surface area contributed by atoms with E-state index in [4.69, 9.17) is 16.3 Å². The number of likely N-dealkylation sites (N-methyl/N-ethyl adjacent to an activating group) is 1. The van der Waals surface area contributed by atoms with E-state index in [1.54, 1.807) is 7.11 Å². The van der Waals surface area contributed by atoms with Crippen LogP contribution in [0.25, 0.3) is 0 Å². The largest absolute Gasteiger partial charge is 0.495 e. The van der Waals surface area contributed by atoms with Crippen LogP contribution in [0, 0.1) is 0 Å². The van der Waals surface area contributed by atoms with E-state index in [0.29, 0.717) is 0 Å². The van der Waals surface area contributed by atoms with Crippen molar-refractivity contribution < 1.29 is 4.74 Å². The summed E-state index contributed by atoms with van der Waals surface area (Å²) >= 11 is 5.93. The molecule has 21 heavy (non-hydrogen) atoms. The molecule has 0 bridgehead atoms. The molecular weight excluding hydrogens is 284 g/mol. The summed E-state index contributed by atoms with van der Waals surface area (Å²) in [5.74, 6) is 0.883. The molecule has 1 N–H and O–H groups in total. The van der Waals surface area contributed by atoms with Crippen LogP contribution in [0.15, 0.2) is 36.4 Å². The molecule has 4 heteroatoms. The number of benzene rings is 2. The maximum atomic E-state index is 5.93. The Labute approximate surface area is 130 Å². The van der Waals surface area contributed by atoms with Gasteiger partial charge in [0.25, 0.3) is 0 Å².